The Morgan fingerprint density at radius 3 is 2.17 bits per heavy atom. The highest BCUT2D eigenvalue weighted by molar-refractivity contribution is 6.38. The molecule has 2 rings (SSSR count). The molecule has 0 aromatic heterocycles. The molecular formula is C12H8Cl2O4. The van der Waals surface area contributed by atoms with Gasteiger partial charge in [-0.2, -0.15) is 0 Å². The Hall–Kier alpha value is -1.52. The van der Waals surface area contributed by atoms with E-state index in [4.69, 9.17) is 33.4 Å². The number of rotatable bonds is 3. The van der Waals surface area contributed by atoms with E-state index in [9.17, 15) is 9.59 Å². The fourth-order valence-electron chi connectivity index (χ4n) is 1.99. The molecule has 0 fully saturated rings. The lowest BCUT2D eigenvalue weighted by Crippen LogP contribution is -2.29. The zero-order valence-corrected chi connectivity index (χ0v) is 10.5. The Balaban J connectivity index is 2.62. The predicted octanol–water partition coefficient (Wildman–Crippen LogP) is 2.94. The average Bonchev–Trinajstić information content (AvgIpc) is 2.20. The number of aliphatic carboxylic acids is 2. The molecule has 1 aromatic rings. The molecule has 4 nitrogen and oxygen atoms in total. The molecule has 6 heteroatoms. The van der Waals surface area contributed by atoms with E-state index in [2.05, 4.69) is 0 Å². The molecule has 0 aliphatic heterocycles. The van der Waals surface area contributed by atoms with E-state index in [-0.39, 0.29) is 27.6 Å². The minimum atomic E-state index is -1.14. The fraction of sp³-hybridized carbons (Fsp3) is 0.167. The molecule has 94 valence electrons. The van der Waals surface area contributed by atoms with Crippen LogP contribution in [0.25, 0.3) is 5.57 Å². The summed E-state index contributed by atoms with van der Waals surface area (Å²) in [5.41, 5.74) is 0.555. The summed E-state index contributed by atoms with van der Waals surface area (Å²) in [5.74, 6) is -3.09. The van der Waals surface area contributed by atoms with Crippen LogP contribution in [0.15, 0.2) is 23.8 Å². The van der Waals surface area contributed by atoms with Gasteiger partial charge in [0.05, 0.1) is 5.92 Å². The van der Waals surface area contributed by atoms with Crippen molar-refractivity contribution < 1.29 is 19.8 Å². The third kappa shape index (κ3) is 1.98. The van der Waals surface area contributed by atoms with Crippen LogP contribution in [0, 0.1) is 5.92 Å². The summed E-state index contributed by atoms with van der Waals surface area (Å²) >= 11 is 11.9. The van der Waals surface area contributed by atoms with Crippen LogP contribution in [0.3, 0.4) is 0 Å². The van der Waals surface area contributed by atoms with Crippen molar-refractivity contribution in [2.24, 2.45) is 5.92 Å². The van der Waals surface area contributed by atoms with Crippen LogP contribution in [-0.2, 0) is 9.59 Å². The molecule has 0 heterocycles. The summed E-state index contributed by atoms with van der Waals surface area (Å²) in [5, 5.41) is 18.5. The first kappa shape index (κ1) is 12.9. The van der Waals surface area contributed by atoms with Gasteiger partial charge in [0.1, 0.15) is 0 Å². The average molecular weight is 287 g/mol. The number of carbonyl (C=O) groups is 2. The van der Waals surface area contributed by atoms with Gasteiger partial charge < -0.3 is 10.2 Å². The molecule has 0 spiro atoms. The first-order chi connectivity index (χ1) is 8.43. The highest BCUT2D eigenvalue weighted by atomic mass is 35.5. The first-order valence-electron chi connectivity index (χ1n) is 5.07. The van der Waals surface area contributed by atoms with Gasteiger partial charge in [0.15, 0.2) is 0 Å². The van der Waals surface area contributed by atoms with Crippen LogP contribution in [-0.4, -0.2) is 22.2 Å². The van der Waals surface area contributed by atoms with Crippen molar-refractivity contribution in [2.45, 2.75) is 6.42 Å². The number of carboxylic acids is 2. The minimum Gasteiger partial charge on any atom is -0.481 e. The number of hydrogen-bond donors (Lipinski definition) is 2. The van der Waals surface area contributed by atoms with E-state index in [1.54, 1.807) is 18.2 Å². The quantitative estimate of drug-likeness (QED) is 0.896. The lowest BCUT2D eigenvalue weighted by atomic mass is 9.74. The van der Waals surface area contributed by atoms with Crippen molar-refractivity contribution in [3.63, 3.8) is 0 Å². The molecule has 0 radical (unpaired) electrons. The van der Waals surface area contributed by atoms with Gasteiger partial charge in [0.2, 0.25) is 0 Å². The Labute approximate surface area is 112 Å². The van der Waals surface area contributed by atoms with Gasteiger partial charge >= 0.3 is 11.9 Å². The van der Waals surface area contributed by atoms with Crippen LogP contribution in [0.1, 0.15) is 12.0 Å². The maximum Gasteiger partial charge on any atom is 0.331 e. The summed E-state index contributed by atoms with van der Waals surface area (Å²) in [7, 11) is 0. The number of hydrogen-bond acceptors (Lipinski definition) is 2. The molecule has 0 saturated heterocycles. The van der Waals surface area contributed by atoms with E-state index in [0.29, 0.717) is 5.56 Å². The van der Waals surface area contributed by atoms with Crippen LogP contribution in [0.4, 0.5) is 0 Å². The monoisotopic (exact) mass is 286 g/mol. The zero-order valence-electron chi connectivity index (χ0n) is 8.98. The molecule has 2 N–H and O–H groups in total. The Bertz CT molecular complexity index is 557. The first-order valence-corrected chi connectivity index (χ1v) is 5.82. The second-order valence-electron chi connectivity index (χ2n) is 3.89. The maximum absolute atomic E-state index is 11.0. The number of benzene rings is 1. The van der Waals surface area contributed by atoms with Crippen LogP contribution < -0.4 is 0 Å². The molecule has 18 heavy (non-hydrogen) atoms. The summed E-state index contributed by atoms with van der Waals surface area (Å²) in [6, 6.07) is 4.71. The van der Waals surface area contributed by atoms with E-state index in [0.717, 1.165) is 0 Å². The Morgan fingerprint density at radius 1 is 1.17 bits per heavy atom. The van der Waals surface area contributed by atoms with Gasteiger partial charge in [-0.25, -0.2) is 4.79 Å². The molecular weight excluding hydrogens is 279 g/mol. The largest absolute Gasteiger partial charge is 0.481 e. The Kier molecular flexibility index (Phi) is 3.32. The number of carboxylic acid groups (broad SMARTS) is 2. The van der Waals surface area contributed by atoms with Gasteiger partial charge in [-0.1, -0.05) is 29.3 Å². The summed E-state index contributed by atoms with van der Waals surface area (Å²) in [6.45, 7) is 0. The van der Waals surface area contributed by atoms with Gasteiger partial charge in [0.25, 0.3) is 0 Å². The molecule has 0 bridgehead atoms. The number of halogens is 2. The highest BCUT2D eigenvalue weighted by Crippen LogP contribution is 2.46. The van der Waals surface area contributed by atoms with Crippen LogP contribution >= 0.6 is 23.2 Å². The molecule has 1 atom stereocenters. The highest BCUT2D eigenvalue weighted by Gasteiger charge is 2.40. The van der Waals surface area contributed by atoms with Gasteiger partial charge in [0, 0.05) is 21.2 Å². The van der Waals surface area contributed by atoms with Gasteiger partial charge in [-0.05, 0) is 24.1 Å². The van der Waals surface area contributed by atoms with E-state index >= 15 is 0 Å². The second kappa shape index (κ2) is 4.63. The minimum absolute atomic E-state index is 0.0123. The maximum atomic E-state index is 11.0. The van der Waals surface area contributed by atoms with Gasteiger partial charge in [-0.15, -0.1) is 0 Å². The van der Waals surface area contributed by atoms with Crippen LogP contribution in [0.2, 0.25) is 10.0 Å². The van der Waals surface area contributed by atoms with E-state index in [1.165, 1.54) is 0 Å². The molecule has 0 saturated carbocycles. The third-order valence-electron chi connectivity index (χ3n) is 2.87. The van der Waals surface area contributed by atoms with Crippen molar-refractivity contribution in [3.8, 4) is 0 Å². The van der Waals surface area contributed by atoms with Crippen molar-refractivity contribution in [2.75, 3.05) is 0 Å². The van der Waals surface area contributed by atoms with Crippen LogP contribution in [0.5, 0.6) is 0 Å². The summed E-state index contributed by atoms with van der Waals surface area (Å²) in [6.07, 6.45) is -0.0123. The lowest BCUT2D eigenvalue weighted by Gasteiger charge is -2.29. The third-order valence-corrected chi connectivity index (χ3v) is 3.50. The molecule has 1 unspecified atom stereocenters. The second-order valence-corrected chi connectivity index (χ2v) is 4.70. The molecule has 1 aliphatic carbocycles. The fourth-order valence-corrected chi connectivity index (χ4v) is 2.59. The molecule has 1 aliphatic rings. The SMILES string of the molecule is O=C(O)C1=C(c2c(Cl)cccc2Cl)C(C(=O)O)C1. The summed E-state index contributed by atoms with van der Waals surface area (Å²) < 4.78 is 0. The van der Waals surface area contributed by atoms with Crippen molar-refractivity contribution in [3.05, 3.63) is 39.4 Å². The normalized spacial score (nSPS) is 18.4. The topological polar surface area (TPSA) is 74.6 Å². The van der Waals surface area contributed by atoms with E-state index < -0.39 is 17.9 Å². The van der Waals surface area contributed by atoms with Crippen molar-refractivity contribution >= 4 is 40.7 Å². The molecule has 1 aromatic carbocycles. The summed E-state index contributed by atoms with van der Waals surface area (Å²) in [4.78, 5) is 22.1. The smallest absolute Gasteiger partial charge is 0.331 e. The predicted molar refractivity (Wildman–Crippen MR) is 66.8 cm³/mol. The van der Waals surface area contributed by atoms with Gasteiger partial charge in [-0.3, -0.25) is 4.79 Å². The zero-order chi connectivity index (χ0) is 13.4. The molecule has 0 amide bonds. The van der Waals surface area contributed by atoms with E-state index in [1.807, 2.05) is 0 Å². The van der Waals surface area contributed by atoms with Crippen molar-refractivity contribution in [1.82, 2.24) is 0 Å². The van der Waals surface area contributed by atoms with Crippen molar-refractivity contribution in [1.29, 1.82) is 0 Å². The standard InChI is InChI=1S/C12H8Cl2O4/c13-7-2-1-3-8(14)10(7)9-5(11(15)16)4-6(9)12(17)18/h1-3,5H,4H2,(H,15,16)(H,17,18). The Morgan fingerprint density at radius 2 is 1.72 bits per heavy atom. The lowest BCUT2D eigenvalue weighted by molar-refractivity contribution is -0.140.